The third kappa shape index (κ3) is 5.52. The summed E-state index contributed by atoms with van der Waals surface area (Å²) in [5.74, 6) is -1.69. The third-order valence-electron chi connectivity index (χ3n) is 10.6. The van der Waals surface area contributed by atoms with Crippen LogP contribution in [0.3, 0.4) is 0 Å². The van der Waals surface area contributed by atoms with E-state index in [1.54, 1.807) is 49.5 Å². The second-order valence-corrected chi connectivity index (χ2v) is 15.0. The van der Waals surface area contributed by atoms with E-state index in [1.165, 1.54) is 42.4 Å². The fourth-order valence-electron chi connectivity index (χ4n) is 7.81. The molecule has 55 heavy (non-hydrogen) atoms. The molecule has 2 aliphatic heterocycles. The number of benzene rings is 2. The van der Waals surface area contributed by atoms with Crippen LogP contribution in [-0.2, 0) is 36.1 Å². The van der Waals surface area contributed by atoms with Crippen molar-refractivity contribution in [3.63, 3.8) is 0 Å². The van der Waals surface area contributed by atoms with Gasteiger partial charge in [0.15, 0.2) is 32.7 Å². The van der Waals surface area contributed by atoms with Crippen LogP contribution in [-0.4, -0.2) is 88.9 Å². The minimum atomic E-state index is -2.04. The molecule has 2 aromatic heterocycles. The predicted octanol–water partition coefficient (Wildman–Crippen LogP) is 2.93. The van der Waals surface area contributed by atoms with Crippen molar-refractivity contribution in [2.75, 3.05) is 33.9 Å². The highest BCUT2D eigenvalue weighted by molar-refractivity contribution is 9.09. The van der Waals surface area contributed by atoms with Crippen LogP contribution in [0.5, 0.6) is 28.7 Å². The highest BCUT2D eigenvalue weighted by Crippen LogP contribution is 2.61. The number of imide groups is 1. The molecule has 1 saturated heterocycles. The molecule has 19 heteroatoms. The highest BCUT2D eigenvalue weighted by Gasteiger charge is 2.74. The summed E-state index contributed by atoms with van der Waals surface area (Å²) in [6, 6.07) is 5.38. The zero-order chi connectivity index (χ0) is 39.7. The first-order valence-electron chi connectivity index (χ1n) is 16.9. The quantitative estimate of drug-likeness (QED) is 0.107. The molecule has 1 saturated carbocycles. The van der Waals surface area contributed by atoms with E-state index in [4.69, 9.17) is 42.1 Å². The molecule has 0 bridgehead atoms. The number of nitrogens with zero attached hydrogens (tertiary/aromatic N) is 6. The number of likely N-dealkylation sites (tertiary alicyclic amines) is 1. The summed E-state index contributed by atoms with van der Waals surface area (Å²) in [6.07, 6.45) is 4.58. The number of halogens is 3. The maximum atomic E-state index is 14.3. The largest absolute Gasteiger partial charge is 0.502 e. The standard InChI is InChI=1S/C36H35BrCl2N6O10/c1-41-23-15-26(53-3)25(52-2)14-22(23)40-21(30(41)47)9-10-42-33(50)44-11-8-19-20(7-6-18-12-27(54-4)29(46)28(13-18)55-5)36(39)32(49)43(17-37)31(48)35(36,38)16-24(19)45(44)34(42)51/h6-8,12-15,20,24,46H,9-11,16-17H2,1-5H3. The van der Waals surface area contributed by atoms with Crippen LogP contribution in [0.15, 0.2) is 56.4 Å². The van der Waals surface area contributed by atoms with Crippen LogP contribution in [0.2, 0.25) is 0 Å². The molecule has 1 N–H and O–H groups in total. The number of carbonyl (C=O) groups is 2. The number of phenolic OH excluding ortho intramolecular Hbond substituents is 1. The summed E-state index contributed by atoms with van der Waals surface area (Å²) in [5, 5.41) is 10.4. The predicted molar refractivity (Wildman–Crippen MR) is 205 cm³/mol. The Morgan fingerprint density at radius 3 is 2.18 bits per heavy atom. The summed E-state index contributed by atoms with van der Waals surface area (Å²) in [6.45, 7) is -0.260. The smallest absolute Gasteiger partial charge is 0.347 e. The molecule has 2 amide bonds. The van der Waals surface area contributed by atoms with Crippen molar-refractivity contribution < 1.29 is 33.6 Å². The zero-order valence-electron chi connectivity index (χ0n) is 30.2. The van der Waals surface area contributed by atoms with Crippen LogP contribution in [0.4, 0.5) is 0 Å². The van der Waals surface area contributed by atoms with Gasteiger partial charge in [-0.15, -0.1) is 23.2 Å². The molecule has 0 radical (unpaired) electrons. The average Bonchev–Trinajstić information content (AvgIpc) is 3.51. The third-order valence-corrected chi connectivity index (χ3v) is 12.6. The molecule has 290 valence electrons. The lowest BCUT2D eigenvalue weighted by molar-refractivity contribution is -0.138. The lowest BCUT2D eigenvalue weighted by atomic mass is 9.66. The van der Waals surface area contributed by atoms with E-state index in [0.29, 0.717) is 33.7 Å². The van der Waals surface area contributed by atoms with Gasteiger partial charge in [0, 0.05) is 44.5 Å². The van der Waals surface area contributed by atoms with Gasteiger partial charge in [0.05, 0.1) is 57.5 Å². The van der Waals surface area contributed by atoms with Gasteiger partial charge < -0.3 is 28.6 Å². The number of methoxy groups -OCH3 is 4. The van der Waals surface area contributed by atoms with E-state index in [1.807, 2.05) is 0 Å². The molecule has 7 rings (SSSR count). The summed E-state index contributed by atoms with van der Waals surface area (Å²) in [5.41, 5.74) is 0.0768. The number of ether oxygens (including phenoxy) is 4. The van der Waals surface area contributed by atoms with Gasteiger partial charge >= 0.3 is 11.4 Å². The molecule has 1 aliphatic carbocycles. The topological polar surface area (TPSA) is 178 Å². The summed E-state index contributed by atoms with van der Waals surface area (Å²) in [7, 11) is 7.30. The lowest BCUT2D eigenvalue weighted by Gasteiger charge is -2.47. The maximum Gasteiger partial charge on any atom is 0.347 e. The van der Waals surface area contributed by atoms with Gasteiger partial charge in [0.25, 0.3) is 17.4 Å². The van der Waals surface area contributed by atoms with Crippen molar-refractivity contribution >= 4 is 68.1 Å². The number of aromatic hydroxyl groups is 1. The first kappa shape index (κ1) is 38.3. The van der Waals surface area contributed by atoms with Crippen LogP contribution in [0.1, 0.15) is 23.7 Å². The van der Waals surface area contributed by atoms with E-state index in [-0.39, 0.29) is 54.3 Å². The number of amides is 2. The number of hydrogen-bond acceptors (Lipinski definition) is 11. The number of aryl methyl sites for hydroxylation is 2. The molecule has 2 aromatic carbocycles. The van der Waals surface area contributed by atoms with Gasteiger partial charge in [-0.25, -0.2) is 28.5 Å². The van der Waals surface area contributed by atoms with Crippen molar-refractivity contribution in [1.82, 2.24) is 28.4 Å². The molecule has 4 aromatic rings. The van der Waals surface area contributed by atoms with E-state index in [2.05, 4.69) is 20.9 Å². The molecule has 3 aliphatic rings. The van der Waals surface area contributed by atoms with Gasteiger partial charge in [-0.1, -0.05) is 34.2 Å². The first-order valence-corrected chi connectivity index (χ1v) is 18.7. The number of fused-ring (bicyclic) bond motifs is 5. The van der Waals surface area contributed by atoms with E-state index >= 15 is 0 Å². The minimum Gasteiger partial charge on any atom is -0.502 e. The summed E-state index contributed by atoms with van der Waals surface area (Å²) >= 11 is 17.7. The van der Waals surface area contributed by atoms with E-state index < -0.39 is 50.5 Å². The molecule has 16 nitrogen and oxygen atoms in total. The van der Waals surface area contributed by atoms with Crippen molar-refractivity contribution in [2.24, 2.45) is 13.0 Å². The fraction of sp³-hybridized carbons (Fsp3) is 0.389. The SMILES string of the molecule is COc1cc2nc(CCn3c(=O)n4n(c3=O)C3CC5(Cl)C(=O)N(CBr)C(=O)C5(Cl)C(C=Cc5cc(OC)c(O)c(OC)c5)C3=CC4)c(=O)n(C)c2cc1OC. The number of aromatic nitrogens is 5. The summed E-state index contributed by atoms with van der Waals surface area (Å²) < 4.78 is 26.3. The molecule has 2 fully saturated rings. The average molecular weight is 863 g/mol. The fourth-order valence-corrected chi connectivity index (χ4v) is 9.17. The number of hydrogen-bond donors (Lipinski definition) is 1. The minimum absolute atomic E-state index is 0.0661. The lowest BCUT2D eigenvalue weighted by Crippen LogP contribution is -2.60. The molecule has 4 unspecified atom stereocenters. The molecule has 4 heterocycles. The Morgan fingerprint density at radius 2 is 1.56 bits per heavy atom. The van der Waals surface area contributed by atoms with Crippen LogP contribution in [0, 0.1) is 5.92 Å². The van der Waals surface area contributed by atoms with Crippen molar-refractivity contribution in [1.29, 1.82) is 0 Å². The van der Waals surface area contributed by atoms with E-state index in [9.17, 15) is 29.1 Å². The Kier molecular flexibility index (Phi) is 9.70. The van der Waals surface area contributed by atoms with Gasteiger partial charge in [0.2, 0.25) is 5.75 Å². The Labute approximate surface area is 330 Å². The molecular formula is C36H35BrCl2N6O10. The molecule has 4 atom stereocenters. The van der Waals surface area contributed by atoms with Gasteiger partial charge in [-0.3, -0.25) is 19.3 Å². The second kappa shape index (κ2) is 13.9. The van der Waals surface area contributed by atoms with Gasteiger partial charge in [0.1, 0.15) is 5.69 Å². The second-order valence-electron chi connectivity index (χ2n) is 13.2. The van der Waals surface area contributed by atoms with Crippen molar-refractivity contribution in [2.45, 2.75) is 41.7 Å². The maximum absolute atomic E-state index is 14.3. The van der Waals surface area contributed by atoms with Crippen LogP contribution in [0.25, 0.3) is 17.1 Å². The number of carbonyl (C=O) groups excluding carboxylic acids is 2. The summed E-state index contributed by atoms with van der Waals surface area (Å²) in [4.78, 5) is 70.8. The Bertz CT molecular complexity index is 2520. The van der Waals surface area contributed by atoms with Gasteiger partial charge in [-0.2, -0.15) is 0 Å². The number of allylic oxidation sites excluding steroid dienone is 3. The monoisotopic (exact) mass is 860 g/mol. The van der Waals surface area contributed by atoms with Crippen LogP contribution >= 0.6 is 39.1 Å². The first-order chi connectivity index (χ1) is 26.2. The Balaban J connectivity index is 1.30. The number of alkyl halides is 3. The van der Waals surface area contributed by atoms with Gasteiger partial charge in [-0.05, 0) is 23.3 Å². The van der Waals surface area contributed by atoms with Crippen molar-refractivity contribution in [3.05, 3.63) is 84.6 Å². The Morgan fingerprint density at radius 1 is 0.927 bits per heavy atom. The molecular weight excluding hydrogens is 827 g/mol. The normalized spacial score (nSPS) is 23.1. The van der Waals surface area contributed by atoms with E-state index in [0.717, 1.165) is 9.47 Å². The highest BCUT2D eigenvalue weighted by atomic mass is 79.9. The molecule has 0 spiro atoms. The number of phenols is 1. The van der Waals surface area contributed by atoms with Crippen molar-refractivity contribution in [3.8, 4) is 28.7 Å². The Hall–Kier alpha value is -5.00. The zero-order valence-corrected chi connectivity index (χ0v) is 33.3. The van der Waals surface area contributed by atoms with Crippen LogP contribution < -0.4 is 35.9 Å². The number of rotatable bonds is 10.